The molecule has 0 aromatic heterocycles. The lowest BCUT2D eigenvalue weighted by molar-refractivity contribution is -0.139. The van der Waals surface area contributed by atoms with Crippen LogP contribution in [-0.2, 0) is 9.53 Å². The van der Waals surface area contributed by atoms with E-state index in [1.807, 2.05) is 18.2 Å². The molecule has 0 bridgehead atoms. The van der Waals surface area contributed by atoms with E-state index in [0.717, 1.165) is 5.56 Å². The van der Waals surface area contributed by atoms with E-state index in [2.05, 4.69) is 5.32 Å². The van der Waals surface area contributed by atoms with Gasteiger partial charge in [0.1, 0.15) is 11.9 Å². The molecule has 3 rings (SSSR count). The van der Waals surface area contributed by atoms with Gasteiger partial charge in [-0.05, 0) is 36.2 Å². The Labute approximate surface area is 158 Å². The van der Waals surface area contributed by atoms with Gasteiger partial charge in [0.25, 0.3) is 5.91 Å². The van der Waals surface area contributed by atoms with Gasteiger partial charge in [-0.2, -0.15) is 0 Å². The van der Waals surface area contributed by atoms with Gasteiger partial charge in [0.05, 0.1) is 13.2 Å². The lowest BCUT2D eigenvalue weighted by Crippen LogP contribution is -2.42. The van der Waals surface area contributed by atoms with Crippen molar-refractivity contribution in [2.75, 3.05) is 26.2 Å². The zero-order valence-electron chi connectivity index (χ0n) is 15.1. The number of hydrogen-bond donors (Lipinski definition) is 1. The van der Waals surface area contributed by atoms with Crippen LogP contribution < -0.4 is 5.32 Å². The molecule has 1 saturated heterocycles. The summed E-state index contributed by atoms with van der Waals surface area (Å²) in [7, 11) is 0. The third kappa shape index (κ3) is 5.37. The largest absolute Gasteiger partial charge is 0.370 e. The van der Waals surface area contributed by atoms with E-state index in [-0.39, 0.29) is 23.7 Å². The van der Waals surface area contributed by atoms with Gasteiger partial charge in [0, 0.05) is 25.1 Å². The van der Waals surface area contributed by atoms with Gasteiger partial charge in [-0.25, -0.2) is 4.39 Å². The molecule has 0 spiro atoms. The predicted molar refractivity (Wildman–Crippen MR) is 99.7 cm³/mol. The maximum Gasteiger partial charge on any atom is 0.251 e. The number of amides is 2. The molecule has 0 radical (unpaired) electrons. The zero-order valence-corrected chi connectivity index (χ0v) is 15.1. The molecule has 27 heavy (non-hydrogen) atoms. The number of nitrogens with zero attached hydrogens (tertiary/aromatic N) is 1. The zero-order chi connectivity index (χ0) is 19.1. The van der Waals surface area contributed by atoms with Gasteiger partial charge in [0.2, 0.25) is 5.91 Å². The second kappa shape index (κ2) is 9.28. The van der Waals surface area contributed by atoms with Crippen molar-refractivity contribution in [1.29, 1.82) is 0 Å². The second-order valence-corrected chi connectivity index (χ2v) is 6.48. The first-order chi connectivity index (χ1) is 13.1. The van der Waals surface area contributed by atoms with E-state index < -0.39 is 0 Å². The molecule has 0 saturated carbocycles. The summed E-state index contributed by atoms with van der Waals surface area (Å²) < 4.78 is 18.8. The predicted octanol–water partition coefficient (Wildman–Crippen LogP) is 2.94. The first-order valence-corrected chi connectivity index (χ1v) is 9.11. The van der Waals surface area contributed by atoms with Crippen molar-refractivity contribution in [1.82, 2.24) is 10.2 Å². The molecule has 2 aromatic rings. The van der Waals surface area contributed by atoms with Crippen LogP contribution in [0.5, 0.6) is 0 Å². The highest BCUT2D eigenvalue weighted by Crippen LogP contribution is 2.23. The molecule has 142 valence electrons. The van der Waals surface area contributed by atoms with Crippen molar-refractivity contribution < 1.29 is 18.7 Å². The summed E-state index contributed by atoms with van der Waals surface area (Å²) in [4.78, 5) is 26.2. The van der Waals surface area contributed by atoms with Crippen LogP contribution in [0.3, 0.4) is 0 Å². The maximum atomic E-state index is 13.1. The standard InChI is InChI=1S/C21H23FN2O3/c22-18-10-8-16(9-11-18)19-15-24(13-14-27-19)20(25)7-4-12-23-21(26)17-5-2-1-3-6-17/h1-3,5-6,8-11,19H,4,7,12-15H2,(H,23,26). The Morgan fingerprint density at radius 2 is 1.85 bits per heavy atom. The molecule has 1 unspecified atom stereocenters. The number of nitrogens with one attached hydrogen (secondary N) is 1. The number of halogens is 1. The molecule has 1 atom stereocenters. The maximum absolute atomic E-state index is 13.1. The lowest BCUT2D eigenvalue weighted by atomic mass is 10.1. The number of rotatable bonds is 6. The van der Waals surface area contributed by atoms with Crippen LogP contribution in [0.4, 0.5) is 4.39 Å². The number of carbonyl (C=O) groups excluding carboxylic acids is 2. The van der Waals surface area contributed by atoms with E-state index in [9.17, 15) is 14.0 Å². The van der Waals surface area contributed by atoms with E-state index in [1.165, 1.54) is 12.1 Å². The van der Waals surface area contributed by atoms with Crippen molar-refractivity contribution in [3.05, 3.63) is 71.5 Å². The van der Waals surface area contributed by atoms with E-state index in [0.29, 0.717) is 44.6 Å². The molecular weight excluding hydrogens is 347 g/mol. The fourth-order valence-electron chi connectivity index (χ4n) is 3.05. The Kier molecular flexibility index (Phi) is 6.54. The highest BCUT2D eigenvalue weighted by atomic mass is 19.1. The smallest absolute Gasteiger partial charge is 0.251 e. The highest BCUT2D eigenvalue weighted by molar-refractivity contribution is 5.94. The fraction of sp³-hybridized carbons (Fsp3) is 0.333. The van der Waals surface area contributed by atoms with Crippen LogP contribution in [0.15, 0.2) is 54.6 Å². The van der Waals surface area contributed by atoms with Gasteiger partial charge in [-0.15, -0.1) is 0 Å². The molecule has 5 nitrogen and oxygen atoms in total. The molecule has 1 fully saturated rings. The molecule has 2 amide bonds. The van der Waals surface area contributed by atoms with Gasteiger partial charge >= 0.3 is 0 Å². The first kappa shape index (κ1) is 19.0. The van der Waals surface area contributed by atoms with Crippen LogP contribution in [0, 0.1) is 5.82 Å². The molecule has 2 aromatic carbocycles. The molecule has 0 aliphatic carbocycles. The van der Waals surface area contributed by atoms with Gasteiger partial charge in [0.15, 0.2) is 0 Å². The van der Waals surface area contributed by atoms with E-state index in [4.69, 9.17) is 4.74 Å². The third-order valence-electron chi connectivity index (χ3n) is 4.55. The van der Waals surface area contributed by atoms with E-state index in [1.54, 1.807) is 29.2 Å². The Morgan fingerprint density at radius 3 is 2.59 bits per heavy atom. The summed E-state index contributed by atoms with van der Waals surface area (Å²) in [6.07, 6.45) is 0.711. The minimum absolute atomic E-state index is 0.0411. The molecule has 1 aliphatic rings. The number of morpholine rings is 1. The number of carbonyl (C=O) groups is 2. The Bertz CT molecular complexity index is 765. The monoisotopic (exact) mass is 370 g/mol. The summed E-state index contributed by atoms with van der Waals surface area (Å²) in [5, 5.41) is 2.83. The average molecular weight is 370 g/mol. The number of hydrogen-bond acceptors (Lipinski definition) is 3. The van der Waals surface area contributed by atoms with Gasteiger partial charge < -0.3 is 15.0 Å². The molecule has 1 N–H and O–H groups in total. The quantitative estimate of drug-likeness (QED) is 0.796. The van der Waals surface area contributed by atoms with Crippen molar-refractivity contribution in [2.45, 2.75) is 18.9 Å². The van der Waals surface area contributed by atoms with Crippen molar-refractivity contribution in [3.63, 3.8) is 0 Å². The summed E-state index contributed by atoms with van der Waals surface area (Å²) in [5.41, 5.74) is 1.48. The van der Waals surface area contributed by atoms with Crippen LogP contribution in [-0.4, -0.2) is 43.0 Å². The van der Waals surface area contributed by atoms with Crippen LogP contribution >= 0.6 is 0 Å². The minimum atomic E-state index is -0.292. The molecule has 1 aliphatic heterocycles. The van der Waals surface area contributed by atoms with Crippen LogP contribution in [0.2, 0.25) is 0 Å². The molecule has 1 heterocycles. The fourth-order valence-corrected chi connectivity index (χ4v) is 3.05. The van der Waals surface area contributed by atoms with Crippen LogP contribution in [0.25, 0.3) is 0 Å². The van der Waals surface area contributed by atoms with Gasteiger partial charge in [-0.3, -0.25) is 9.59 Å². The lowest BCUT2D eigenvalue weighted by Gasteiger charge is -2.33. The number of benzene rings is 2. The van der Waals surface area contributed by atoms with Crippen LogP contribution in [0.1, 0.15) is 34.9 Å². The van der Waals surface area contributed by atoms with E-state index >= 15 is 0 Å². The normalized spacial score (nSPS) is 16.8. The molecular formula is C21H23FN2O3. The Hall–Kier alpha value is -2.73. The van der Waals surface area contributed by atoms with Gasteiger partial charge in [-0.1, -0.05) is 30.3 Å². The first-order valence-electron chi connectivity index (χ1n) is 9.11. The summed E-state index contributed by atoms with van der Waals surface area (Å²) in [6, 6.07) is 15.2. The van der Waals surface area contributed by atoms with Crippen molar-refractivity contribution in [2.24, 2.45) is 0 Å². The summed E-state index contributed by atoms with van der Waals surface area (Å²) in [5.74, 6) is -0.384. The SMILES string of the molecule is O=C(NCCCC(=O)N1CCOC(c2ccc(F)cc2)C1)c1ccccc1. The highest BCUT2D eigenvalue weighted by Gasteiger charge is 2.25. The topological polar surface area (TPSA) is 58.6 Å². The van der Waals surface area contributed by atoms with Crippen molar-refractivity contribution >= 4 is 11.8 Å². The Morgan fingerprint density at radius 1 is 1.11 bits per heavy atom. The Balaban J connectivity index is 1.42. The third-order valence-corrected chi connectivity index (χ3v) is 4.55. The average Bonchev–Trinajstić information content (AvgIpc) is 2.72. The number of ether oxygens (including phenoxy) is 1. The summed E-state index contributed by atoms with van der Waals surface area (Å²) >= 11 is 0. The minimum Gasteiger partial charge on any atom is -0.370 e. The summed E-state index contributed by atoms with van der Waals surface area (Å²) in [6.45, 7) is 1.91. The molecule has 6 heteroatoms. The van der Waals surface area contributed by atoms with Crippen molar-refractivity contribution in [3.8, 4) is 0 Å². The second-order valence-electron chi connectivity index (χ2n) is 6.48.